The van der Waals surface area contributed by atoms with Crippen molar-refractivity contribution < 1.29 is 22.7 Å². The van der Waals surface area contributed by atoms with Crippen LogP contribution in [0.15, 0.2) is 45.9 Å². The summed E-state index contributed by atoms with van der Waals surface area (Å²) in [6.45, 7) is 0. The lowest BCUT2D eigenvalue weighted by atomic mass is 10.3. The fourth-order valence-electron chi connectivity index (χ4n) is 1.50. The number of hydrogen-bond donors (Lipinski definition) is 1. The molecule has 0 saturated carbocycles. The highest BCUT2D eigenvalue weighted by Gasteiger charge is 2.19. The van der Waals surface area contributed by atoms with Gasteiger partial charge in [-0.1, -0.05) is 17.7 Å². The third kappa shape index (κ3) is 3.15. The number of carbonyl (C=O) groups is 1. The van der Waals surface area contributed by atoms with Crippen molar-refractivity contribution in [3.05, 3.63) is 52.9 Å². The summed E-state index contributed by atoms with van der Waals surface area (Å²) in [7, 11) is -3.62. The molecule has 0 amide bonds. The quantitative estimate of drug-likeness (QED) is 0.938. The molecule has 2 aromatic rings. The maximum Gasteiger partial charge on any atom is 0.338 e. The monoisotopic (exact) mass is 300 g/mol. The maximum atomic E-state index is 12.1. The van der Waals surface area contributed by atoms with Gasteiger partial charge in [-0.3, -0.25) is 0 Å². The first-order valence-electron chi connectivity index (χ1n) is 5.17. The maximum absolute atomic E-state index is 12.1. The fourth-order valence-corrected chi connectivity index (χ4v) is 3.04. The number of benzene rings is 1. The molecule has 1 N–H and O–H groups in total. The molecule has 0 unspecified atom stereocenters. The van der Waals surface area contributed by atoms with Crippen LogP contribution in [-0.4, -0.2) is 19.5 Å². The van der Waals surface area contributed by atoms with E-state index < -0.39 is 21.6 Å². The van der Waals surface area contributed by atoms with Gasteiger partial charge in [-0.2, -0.15) is 0 Å². The first kappa shape index (κ1) is 13.6. The lowest BCUT2D eigenvalue weighted by molar-refractivity contribution is 0.0696. The SMILES string of the molecule is O=C(O)c1coc(CS(=O)(=O)c2cccc(Cl)c2)c1. The van der Waals surface area contributed by atoms with E-state index in [1.807, 2.05) is 0 Å². The van der Waals surface area contributed by atoms with E-state index >= 15 is 0 Å². The van der Waals surface area contributed by atoms with E-state index in [0.717, 1.165) is 6.26 Å². The van der Waals surface area contributed by atoms with Crippen LogP contribution >= 0.6 is 11.6 Å². The van der Waals surface area contributed by atoms with Crippen molar-refractivity contribution in [3.8, 4) is 0 Å². The van der Waals surface area contributed by atoms with Gasteiger partial charge in [0.05, 0.1) is 10.5 Å². The average molecular weight is 301 g/mol. The Morgan fingerprint density at radius 3 is 2.63 bits per heavy atom. The van der Waals surface area contributed by atoms with E-state index in [0.29, 0.717) is 5.02 Å². The minimum Gasteiger partial charge on any atom is -0.478 e. The topological polar surface area (TPSA) is 84.6 Å². The molecule has 7 heteroatoms. The second-order valence-electron chi connectivity index (χ2n) is 3.82. The van der Waals surface area contributed by atoms with Gasteiger partial charge in [0.2, 0.25) is 0 Å². The Labute approximate surface area is 114 Å². The largest absolute Gasteiger partial charge is 0.478 e. The van der Waals surface area contributed by atoms with Gasteiger partial charge in [0.1, 0.15) is 17.8 Å². The Hall–Kier alpha value is -1.79. The summed E-state index contributed by atoms with van der Waals surface area (Å²) >= 11 is 5.73. The number of aromatic carboxylic acids is 1. The molecule has 19 heavy (non-hydrogen) atoms. The molecule has 0 saturated heterocycles. The molecule has 0 aliphatic rings. The number of carboxylic acids is 1. The summed E-state index contributed by atoms with van der Waals surface area (Å²) < 4.78 is 29.1. The predicted molar refractivity (Wildman–Crippen MR) is 68.0 cm³/mol. The number of sulfone groups is 1. The van der Waals surface area contributed by atoms with E-state index in [1.54, 1.807) is 6.07 Å². The Kier molecular flexibility index (Phi) is 3.64. The van der Waals surface area contributed by atoms with Gasteiger partial charge < -0.3 is 9.52 Å². The molecule has 0 bridgehead atoms. The van der Waals surface area contributed by atoms with Gasteiger partial charge in [0, 0.05) is 5.02 Å². The predicted octanol–water partition coefficient (Wildman–Crippen LogP) is 2.61. The van der Waals surface area contributed by atoms with Gasteiger partial charge in [0.15, 0.2) is 9.84 Å². The molecule has 0 spiro atoms. The minimum atomic E-state index is -3.62. The Morgan fingerprint density at radius 2 is 2.05 bits per heavy atom. The van der Waals surface area contributed by atoms with Crippen molar-refractivity contribution in [1.29, 1.82) is 0 Å². The summed E-state index contributed by atoms with van der Waals surface area (Å²) in [4.78, 5) is 10.7. The molecule has 100 valence electrons. The van der Waals surface area contributed by atoms with Crippen LogP contribution in [-0.2, 0) is 15.6 Å². The Morgan fingerprint density at radius 1 is 1.32 bits per heavy atom. The van der Waals surface area contributed by atoms with Crippen molar-refractivity contribution >= 4 is 27.4 Å². The highest BCUT2D eigenvalue weighted by molar-refractivity contribution is 7.90. The molecule has 1 aromatic carbocycles. The molecular formula is C12H9ClO5S. The summed E-state index contributed by atoms with van der Waals surface area (Å²) in [6.07, 6.45) is 1.01. The molecule has 1 aromatic heterocycles. The van der Waals surface area contributed by atoms with Crippen LogP contribution in [0.2, 0.25) is 5.02 Å². The lowest BCUT2D eigenvalue weighted by Crippen LogP contribution is -2.04. The standard InChI is InChI=1S/C12H9ClO5S/c13-9-2-1-3-11(5-9)19(16,17)7-10-4-8(6-18-10)12(14)15/h1-6H,7H2,(H,14,15). The average Bonchev–Trinajstić information content (AvgIpc) is 2.77. The summed E-state index contributed by atoms with van der Waals surface area (Å²) in [5.41, 5.74) is -0.0868. The van der Waals surface area contributed by atoms with Gasteiger partial charge in [0.25, 0.3) is 0 Å². The first-order valence-corrected chi connectivity index (χ1v) is 7.20. The summed E-state index contributed by atoms with van der Waals surface area (Å²) in [5.74, 6) is -1.52. The van der Waals surface area contributed by atoms with E-state index in [1.165, 1.54) is 24.3 Å². The van der Waals surface area contributed by atoms with Crippen LogP contribution in [0.5, 0.6) is 0 Å². The van der Waals surface area contributed by atoms with E-state index in [4.69, 9.17) is 21.1 Å². The highest BCUT2D eigenvalue weighted by Crippen LogP contribution is 2.21. The molecular weight excluding hydrogens is 292 g/mol. The van der Waals surface area contributed by atoms with Crippen LogP contribution in [0.1, 0.15) is 16.1 Å². The van der Waals surface area contributed by atoms with Crippen molar-refractivity contribution in [2.24, 2.45) is 0 Å². The van der Waals surface area contributed by atoms with Gasteiger partial charge in [-0.25, -0.2) is 13.2 Å². The number of hydrogen-bond acceptors (Lipinski definition) is 4. The number of rotatable bonds is 4. The van der Waals surface area contributed by atoms with Crippen LogP contribution in [0, 0.1) is 0 Å². The molecule has 0 atom stereocenters. The number of halogens is 1. The minimum absolute atomic E-state index is 0.0632. The van der Waals surface area contributed by atoms with Crippen molar-refractivity contribution in [1.82, 2.24) is 0 Å². The first-order chi connectivity index (χ1) is 8.88. The third-order valence-electron chi connectivity index (χ3n) is 2.39. The van der Waals surface area contributed by atoms with Gasteiger partial charge in [-0.15, -0.1) is 0 Å². The smallest absolute Gasteiger partial charge is 0.338 e. The lowest BCUT2D eigenvalue weighted by Gasteiger charge is -2.02. The molecule has 0 aliphatic heterocycles. The second-order valence-corrected chi connectivity index (χ2v) is 6.25. The van der Waals surface area contributed by atoms with Crippen molar-refractivity contribution in [2.75, 3.05) is 0 Å². The van der Waals surface area contributed by atoms with Crippen molar-refractivity contribution in [2.45, 2.75) is 10.6 Å². The van der Waals surface area contributed by atoms with Crippen LogP contribution < -0.4 is 0 Å². The summed E-state index contributed by atoms with van der Waals surface area (Å²) in [5, 5.41) is 9.03. The van der Waals surface area contributed by atoms with Gasteiger partial charge in [-0.05, 0) is 24.3 Å². The Bertz CT molecular complexity index is 717. The normalized spacial score (nSPS) is 11.4. The van der Waals surface area contributed by atoms with E-state index in [-0.39, 0.29) is 16.2 Å². The van der Waals surface area contributed by atoms with Crippen LogP contribution in [0.3, 0.4) is 0 Å². The second kappa shape index (κ2) is 5.07. The van der Waals surface area contributed by atoms with Crippen LogP contribution in [0.4, 0.5) is 0 Å². The molecule has 0 radical (unpaired) electrons. The Balaban J connectivity index is 2.28. The highest BCUT2D eigenvalue weighted by atomic mass is 35.5. The van der Waals surface area contributed by atoms with Crippen molar-refractivity contribution in [3.63, 3.8) is 0 Å². The van der Waals surface area contributed by atoms with E-state index in [2.05, 4.69) is 0 Å². The molecule has 0 fully saturated rings. The number of carboxylic acid groups (broad SMARTS) is 1. The van der Waals surface area contributed by atoms with E-state index in [9.17, 15) is 13.2 Å². The molecule has 2 rings (SSSR count). The number of furan rings is 1. The fraction of sp³-hybridized carbons (Fsp3) is 0.0833. The van der Waals surface area contributed by atoms with Gasteiger partial charge >= 0.3 is 5.97 Å². The third-order valence-corrected chi connectivity index (χ3v) is 4.26. The zero-order valence-corrected chi connectivity index (χ0v) is 11.1. The zero-order valence-electron chi connectivity index (χ0n) is 9.54. The molecule has 0 aliphatic carbocycles. The molecule has 5 nitrogen and oxygen atoms in total. The summed E-state index contributed by atoms with van der Waals surface area (Å²) in [6, 6.07) is 7.03. The zero-order chi connectivity index (χ0) is 14.0. The molecule has 1 heterocycles. The van der Waals surface area contributed by atoms with Crippen LogP contribution in [0.25, 0.3) is 0 Å².